The highest BCUT2D eigenvalue weighted by Gasteiger charge is 1.92. The first-order valence-electron chi connectivity index (χ1n) is 5.81. The minimum atomic E-state index is -0.682. The molecule has 0 aromatic carbocycles. The van der Waals surface area contributed by atoms with Gasteiger partial charge in [0.15, 0.2) is 0 Å². The van der Waals surface area contributed by atoms with Crippen molar-refractivity contribution in [2.24, 2.45) is 5.92 Å². The van der Waals surface area contributed by atoms with Gasteiger partial charge < -0.3 is 9.84 Å². The van der Waals surface area contributed by atoms with Crippen LogP contribution in [-0.4, -0.2) is 24.2 Å². The molecule has 0 fully saturated rings. The third-order valence-electron chi connectivity index (χ3n) is 1.88. The van der Waals surface area contributed by atoms with Crippen LogP contribution in [0, 0.1) is 5.92 Å². The van der Waals surface area contributed by atoms with Crippen molar-refractivity contribution >= 4 is 12.4 Å². The first kappa shape index (κ1) is 17.3. The number of aliphatic carboxylic acids is 1. The van der Waals surface area contributed by atoms with Crippen LogP contribution in [0.25, 0.3) is 0 Å². The molecule has 0 aliphatic carbocycles. The zero-order chi connectivity index (χ0) is 12.8. The standard InChI is InChI=1S/2C6H12O2/c1-6(2)3-4-8-5-7;1-2-3-4-5-6(7)8/h5-6H,3-4H2,1-2H3;2-5H2,1H3,(H,7,8). The summed E-state index contributed by atoms with van der Waals surface area (Å²) in [6.45, 7) is 7.29. The summed E-state index contributed by atoms with van der Waals surface area (Å²) < 4.78 is 4.46. The van der Waals surface area contributed by atoms with E-state index >= 15 is 0 Å². The number of carboxylic acid groups (broad SMARTS) is 1. The lowest BCUT2D eigenvalue weighted by Crippen LogP contribution is -1.96. The van der Waals surface area contributed by atoms with Crippen molar-refractivity contribution in [3.8, 4) is 0 Å². The van der Waals surface area contributed by atoms with Crippen molar-refractivity contribution < 1.29 is 19.4 Å². The number of rotatable bonds is 8. The Hall–Kier alpha value is -1.06. The van der Waals surface area contributed by atoms with Gasteiger partial charge in [-0.2, -0.15) is 0 Å². The number of hydrogen-bond acceptors (Lipinski definition) is 3. The van der Waals surface area contributed by atoms with Gasteiger partial charge in [0.05, 0.1) is 6.61 Å². The van der Waals surface area contributed by atoms with Gasteiger partial charge in [0.2, 0.25) is 0 Å². The summed E-state index contributed by atoms with van der Waals surface area (Å²) in [5, 5.41) is 8.14. The fraction of sp³-hybridized carbons (Fsp3) is 0.833. The molecule has 0 saturated carbocycles. The third kappa shape index (κ3) is 23.1. The van der Waals surface area contributed by atoms with E-state index in [4.69, 9.17) is 5.11 Å². The maximum Gasteiger partial charge on any atom is 0.303 e. The Morgan fingerprint density at radius 1 is 1.38 bits per heavy atom. The van der Waals surface area contributed by atoms with E-state index in [-0.39, 0.29) is 0 Å². The first-order valence-corrected chi connectivity index (χ1v) is 5.81. The van der Waals surface area contributed by atoms with E-state index in [2.05, 4.69) is 25.5 Å². The van der Waals surface area contributed by atoms with E-state index in [1.807, 2.05) is 0 Å². The summed E-state index contributed by atoms with van der Waals surface area (Å²) in [4.78, 5) is 19.4. The van der Waals surface area contributed by atoms with Gasteiger partial charge >= 0.3 is 5.97 Å². The predicted octanol–water partition coefficient (Wildman–Crippen LogP) is 2.86. The van der Waals surface area contributed by atoms with E-state index in [1.54, 1.807) is 0 Å². The molecular formula is C12H24O4. The van der Waals surface area contributed by atoms with Crippen LogP contribution in [0.2, 0.25) is 0 Å². The number of carbonyl (C=O) groups is 2. The Kier molecular flexibility index (Phi) is 15.1. The molecule has 0 amide bonds. The minimum Gasteiger partial charge on any atom is -0.481 e. The average molecular weight is 232 g/mol. The van der Waals surface area contributed by atoms with Crippen molar-refractivity contribution in [3.63, 3.8) is 0 Å². The van der Waals surface area contributed by atoms with Crippen molar-refractivity contribution in [2.45, 2.75) is 52.9 Å². The van der Waals surface area contributed by atoms with Crippen LogP contribution in [0.1, 0.15) is 52.9 Å². The molecule has 4 nitrogen and oxygen atoms in total. The Balaban J connectivity index is 0. The normalized spacial score (nSPS) is 9.25. The van der Waals surface area contributed by atoms with Gasteiger partial charge in [-0.3, -0.25) is 9.59 Å². The molecule has 0 unspecified atom stereocenters. The van der Waals surface area contributed by atoms with E-state index in [0.29, 0.717) is 25.4 Å². The molecule has 0 radical (unpaired) electrons. The lowest BCUT2D eigenvalue weighted by atomic mass is 10.1. The molecule has 0 bridgehead atoms. The molecule has 0 saturated heterocycles. The van der Waals surface area contributed by atoms with Crippen LogP contribution in [0.4, 0.5) is 0 Å². The summed E-state index contributed by atoms with van der Waals surface area (Å²) in [6.07, 6.45) is 4.23. The highest BCUT2D eigenvalue weighted by atomic mass is 16.5. The number of carbonyl (C=O) groups excluding carboxylic acids is 1. The SMILES string of the molecule is CC(C)CCOC=O.CCCCCC(=O)O. The van der Waals surface area contributed by atoms with Crippen LogP contribution < -0.4 is 0 Å². The summed E-state index contributed by atoms with van der Waals surface area (Å²) >= 11 is 0. The fourth-order valence-electron chi connectivity index (χ4n) is 0.878. The van der Waals surface area contributed by atoms with E-state index in [9.17, 15) is 9.59 Å². The summed E-state index contributed by atoms with van der Waals surface area (Å²) in [5.41, 5.74) is 0. The van der Waals surface area contributed by atoms with Gasteiger partial charge in [-0.1, -0.05) is 33.6 Å². The Morgan fingerprint density at radius 3 is 2.38 bits per heavy atom. The maximum atomic E-state index is 9.87. The molecule has 0 aliphatic heterocycles. The van der Waals surface area contributed by atoms with Crippen molar-refractivity contribution in [3.05, 3.63) is 0 Å². The quantitative estimate of drug-likeness (QED) is 0.516. The zero-order valence-corrected chi connectivity index (χ0v) is 10.6. The van der Waals surface area contributed by atoms with Crippen LogP contribution >= 0.6 is 0 Å². The molecule has 96 valence electrons. The molecule has 0 heterocycles. The van der Waals surface area contributed by atoms with Crippen molar-refractivity contribution in [1.29, 1.82) is 0 Å². The maximum absolute atomic E-state index is 9.87. The van der Waals surface area contributed by atoms with E-state index in [0.717, 1.165) is 25.7 Å². The average Bonchev–Trinajstić information content (AvgIpc) is 2.18. The zero-order valence-electron chi connectivity index (χ0n) is 10.6. The Morgan fingerprint density at radius 2 is 2.00 bits per heavy atom. The minimum absolute atomic E-state index is 0.327. The second-order valence-corrected chi connectivity index (χ2v) is 4.00. The second kappa shape index (κ2) is 13.9. The molecule has 0 aromatic rings. The molecular weight excluding hydrogens is 208 g/mol. The lowest BCUT2D eigenvalue weighted by molar-refractivity contribution is -0.137. The molecule has 4 heteroatoms. The first-order chi connectivity index (χ1) is 7.54. The summed E-state index contributed by atoms with van der Waals surface area (Å²) in [5.74, 6) is -0.0617. The highest BCUT2D eigenvalue weighted by Crippen LogP contribution is 1.97. The van der Waals surface area contributed by atoms with Gasteiger partial charge in [-0.05, 0) is 18.8 Å². The molecule has 0 spiro atoms. The highest BCUT2D eigenvalue weighted by molar-refractivity contribution is 5.66. The van der Waals surface area contributed by atoms with Gasteiger partial charge in [0.1, 0.15) is 0 Å². The second-order valence-electron chi connectivity index (χ2n) is 4.00. The smallest absolute Gasteiger partial charge is 0.303 e. The molecule has 16 heavy (non-hydrogen) atoms. The van der Waals surface area contributed by atoms with Gasteiger partial charge in [-0.25, -0.2) is 0 Å². The summed E-state index contributed by atoms with van der Waals surface area (Å²) in [7, 11) is 0. The van der Waals surface area contributed by atoms with Crippen LogP contribution in [0.5, 0.6) is 0 Å². The third-order valence-corrected chi connectivity index (χ3v) is 1.88. The van der Waals surface area contributed by atoms with Crippen LogP contribution in [0.3, 0.4) is 0 Å². The van der Waals surface area contributed by atoms with Gasteiger partial charge in [0, 0.05) is 6.42 Å². The molecule has 0 rings (SSSR count). The largest absolute Gasteiger partial charge is 0.481 e. The van der Waals surface area contributed by atoms with Crippen LogP contribution in [-0.2, 0) is 14.3 Å². The Bertz CT molecular complexity index is 166. The predicted molar refractivity (Wildman–Crippen MR) is 63.2 cm³/mol. The Labute approximate surface area is 98.0 Å². The van der Waals surface area contributed by atoms with Gasteiger partial charge in [-0.15, -0.1) is 0 Å². The van der Waals surface area contributed by atoms with Crippen molar-refractivity contribution in [1.82, 2.24) is 0 Å². The monoisotopic (exact) mass is 232 g/mol. The van der Waals surface area contributed by atoms with E-state index < -0.39 is 5.97 Å². The number of ether oxygens (including phenoxy) is 1. The van der Waals surface area contributed by atoms with E-state index in [1.165, 1.54) is 0 Å². The molecule has 0 atom stereocenters. The molecule has 0 aliphatic rings. The lowest BCUT2D eigenvalue weighted by Gasteiger charge is -2.00. The van der Waals surface area contributed by atoms with Gasteiger partial charge in [0.25, 0.3) is 6.47 Å². The summed E-state index contributed by atoms with van der Waals surface area (Å²) in [6, 6.07) is 0. The number of unbranched alkanes of at least 4 members (excludes halogenated alkanes) is 2. The number of carboxylic acids is 1. The molecule has 1 N–H and O–H groups in total. The van der Waals surface area contributed by atoms with Crippen LogP contribution in [0.15, 0.2) is 0 Å². The molecule has 0 aromatic heterocycles. The fourth-order valence-corrected chi connectivity index (χ4v) is 0.878. The van der Waals surface area contributed by atoms with Crippen molar-refractivity contribution in [2.75, 3.05) is 6.61 Å². The topological polar surface area (TPSA) is 63.6 Å². The number of hydrogen-bond donors (Lipinski definition) is 1.